The van der Waals surface area contributed by atoms with Crippen molar-refractivity contribution in [3.05, 3.63) is 29.6 Å². The molecule has 2 N–H and O–H groups in total. The van der Waals surface area contributed by atoms with Crippen LogP contribution in [0.3, 0.4) is 0 Å². The molecule has 0 spiro atoms. The van der Waals surface area contributed by atoms with Crippen LogP contribution in [-0.4, -0.2) is 20.1 Å². The van der Waals surface area contributed by atoms with Gasteiger partial charge in [-0.15, -0.1) is 0 Å². The Bertz CT molecular complexity index is 429. The second-order valence-electron chi connectivity index (χ2n) is 2.96. The Morgan fingerprint density at radius 1 is 1.31 bits per heavy atom. The number of hydrogen-bond donors (Lipinski definition) is 1. The van der Waals surface area contributed by atoms with Crippen LogP contribution >= 0.6 is 0 Å². The van der Waals surface area contributed by atoms with Gasteiger partial charge in [0.05, 0.1) is 14.2 Å². The summed E-state index contributed by atoms with van der Waals surface area (Å²) in [5.41, 5.74) is 5.12. The van der Waals surface area contributed by atoms with Crippen LogP contribution in [0.4, 0.5) is 4.39 Å². The smallest absolute Gasteiger partial charge is 0.241 e. The average Bonchev–Trinajstić information content (AvgIpc) is 2.26. The fourth-order valence-electron chi connectivity index (χ4n) is 1.17. The standard InChI is InChI=1S/C11H12FNO3/c1-15-9-5-7(3-4-11(13)14)8(12)6-10(9)16-2/h3-6H,1-2H3,(H2,13,14)/b4-3-. The first-order valence-electron chi connectivity index (χ1n) is 4.47. The number of primary amides is 1. The topological polar surface area (TPSA) is 61.5 Å². The fourth-order valence-corrected chi connectivity index (χ4v) is 1.17. The molecule has 0 heterocycles. The number of benzene rings is 1. The van der Waals surface area contributed by atoms with E-state index in [1.165, 1.54) is 32.4 Å². The van der Waals surface area contributed by atoms with Gasteiger partial charge in [0.15, 0.2) is 11.5 Å². The highest BCUT2D eigenvalue weighted by molar-refractivity contribution is 5.90. The Hall–Kier alpha value is -2.04. The van der Waals surface area contributed by atoms with Gasteiger partial charge < -0.3 is 15.2 Å². The van der Waals surface area contributed by atoms with E-state index in [1.807, 2.05) is 0 Å². The van der Waals surface area contributed by atoms with Crippen molar-refractivity contribution < 1.29 is 18.7 Å². The van der Waals surface area contributed by atoms with Crippen LogP contribution in [0.2, 0.25) is 0 Å². The van der Waals surface area contributed by atoms with E-state index >= 15 is 0 Å². The highest BCUT2D eigenvalue weighted by Crippen LogP contribution is 2.30. The average molecular weight is 225 g/mol. The summed E-state index contributed by atoms with van der Waals surface area (Å²) in [6.45, 7) is 0. The molecule has 0 fully saturated rings. The SMILES string of the molecule is COc1cc(F)c(/C=C\C(N)=O)cc1OC. The number of hydrogen-bond acceptors (Lipinski definition) is 3. The first-order valence-corrected chi connectivity index (χ1v) is 4.47. The Balaban J connectivity index is 3.16. The van der Waals surface area contributed by atoms with Gasteiger partial charge in [-0.3, -0.25) is 4.79 Å². The van der Waals surface area contributed by atoms with E-state index in [2.05, 4.69) is 0 Å². The molecule has 86 valence electrons. The van der Waals surface area contributed by atoms with Crippen molar-refractivity contribution in [3.63, 3.8) is 0 Å². The molecule has 0 aromatic heterocycles. The van der Waals surface area contributed by atoms with E-state index < -0.39 is 11.7 Å². The van der Waals surface area contributed by atoms with Crippen LogP contribution in [-0.2, 0) is 4.79 Å². The van der Waals surface area contributed by atoms with Crippen LogP contribution in [0.5, 0.6) is 11.5 Å². The number of nitrogens with two attached hydrogens (primary N) is 1. The molecule has 0 aliphatic rings. The third-order valence-electron chi connectivity index (χ3n) is 1.93. The number of rotatable bonds is 4. The van der Waals surface area contributed by atoms with E-state index in [-0.39, 0.29) is 11.3 Å². The van der Waals surface area contributed by atoms with Crippen LogP contribution in [0.1, 0.15) is 5.56 Å². The fraction of sp³-hybridized carbons (Fsp3) is 0.182. The number of carbonyl (C=O) groups is 1. The zero-order valence-electron chi connectivity index (χ0n) is 8.99. The van der Waals surface area contributed by atoms with Crippen molar-refractivity contribution in [1.29, 1.82) is 0 Å². The minimum absolute atomic E-state index is 0.205. The molecule has 0 saturated heterocycles. The van der Waals surface area contributed by atoms with Crippen molar-refractivity contribution in [3.8, 4) is 11.5 Å². The molecular formula is C11H12FNO3. The maximum atomic E-state index is 13.5. The van der Waals surface area contributed by atoms with Crippen molar-refractivity contribution in [2.75, 3.05) is 14.2 Å². The van der Waals surface area contributed by atoms with Gasteiger partial charge in [-0.1, -0.05) is 0 Å². The molecule has 0 atom stereocenters. The lowest BCUT2D eigenvalue weighted by Gasteiger charge is -2.08. The minimum Gasteiger partial charge on any atom is -0.493 e. The van der Waals surface area contributed by atoms with Crippen molar-refractivity contribution in [1.82, 2.24) is 0 Å². The van der Waals surface area contributed by atoms with E-state index in [1.54, 1.807) is 0 Å². The van der Waals surface area contributed by atoms with Crippen molar-refractivity contribution >= 4 is 12.0 Å². The number of amides is 1. The number of halogens is 1. The maximum Gasteiger partial charge on any atom is 0.241 e. The lowest BCUT2D eigenvalue weighted by molar-refractivity contribution is -0.113. The molecule has 0 aliphatic carbocycles. The first kappa shape index (κ1) is 12.0. The first-order chi connectivity index (χ1) is 7.58. The normalized spacial score (nSPS) is 10.4. The van der Waals surface area contributed by atoms with E-state index in [0.717, 1.165) is 6.08 Å². The largest absolute Gasteiger partial charge is 0.493 e. The van der Waals surface area contributed by atoms with E-state index in [4.69, 9.17) is 15.2 Å². The molecule has 0 aliphatic heterocycles. The molecule has 16 heavy (non-hydrogen) atoms. The molecule has 0 radical (unpaired) electrons. The van der Waals surface area contributed by atoms with E-state index in [0.29, 0.717) is 5.75 Å². The number of methoxy groups -OCH3 is 2. The molecule has 1 aromatic carbocycles. The van der Waals surface area contributed by atoms with Crippen LogP contribution < -0.4 is 15.2 Å². The molecule has 0 bridgehead atoms. The van der Waals surface area contributed by atoms with Gasteiger partial charge in [0.2, 0.25) is 5.91 Å². The lowest BCUT2D eigenvalue weighted by atomic mass is 10.1. The Kier molecular flexibility index (Phi) is 3.88. The maximum absolute atomic E-state index is 13.5. The van der Waals surface area contributed by atoms with Gasteiger partial charge in [-0.2, -0.15) is 0 Å². The molecule has 1 rings (SSSR count). The summed E-state index contributed by atoms with van der Waals surface area (Å²) in [5, 5.41) is 0. The summed E-state index contributed by atoms with van der Waals surface area (Å²) in [7, 11) is 2.85. The number of carbonyl (C=O) groups excluding carboxylic acids is 1. The second kappa shape index (κ2) is 5.16. The Labute approximate surface area is 92.5 Å². The van der Waals surface area contributed by atoms with Crippen molar-refractivity contribution in [2.24, 2.45) is 5.73 Å². The molecule has 0 unspecified atom stereocenters. The molecule has 5 heteroatoms. The van der Waals surface area contributed by atoms with Crippen LogP contribution in [0.25, 0.3) is 6.08 Å². The predicted octanol–water partition coefficient (Wildman–Crippen LogP) is 1.34. The van der Waals surface area contributed by atoms with Gasteiger partial charge in [-0.25, -0.2) is 4.39 Å². The minimum atomic E-state index is -0.644. The molecule has 1 aromatic rings. The Morgan fingerprint density at radius 2 is 1.88 bits per heavy atom. The summed E-state index contributed by atoms with van der Waals surface area (Å²) in [6, 6.07) is 2.60. The lowest BCUT2D eigenvalue weighted by Crippen LogP contribution is -2.05. The van der Waals surface area contributed by atoms with Gasteiger partial charge in [0, 0.05) is 17.7 Å². The zero-order valence-corrected chi connectivity index (χ0v) is 8.99. The Morgan fingerprint density at radius 3 is 2.38 bits per heavy atom. The highest BCUT2D eigenvalue weighted by atomic mass is 19.1. The van der Waals surface area contributed by atoms with Gasteiger partial charge >= 0.3 is 0 Å². The number of ether oxygens (including phenoxy) is 2. The molecule has 4 nitrogen and oxygen atoms in total. The molecule has 0 saturated carbocycles. The van der Waals surface area contributed by atoms with Crippen LogP contribution in [0, 0.1) is 5.82 Å². The third-order valence-corrected chi connectivity index (χ3v) is 1.93. The summed E-state index contributed by atoms with van der Waals surface area (Å²) in [4.78, 5) is 10.5. The van der Waals surface area contributed by atoms with E-state index in [9.17, 15) is 9.18 Å². The van der Waals surface area contributed by atoms with Crippen molar-refractivity contribution in [2.45, 2.75) is 0 Å². The molecular weight excluding hydrogens is 213 g/mol. The zero-order chi connectivity index (χ0) is 12.1. The quantitative estimate of drug-likeness (QED) is 0.786. The van der Waals surface area contributed by atoms with Crippen LogP contribution in [0.15, 0.2) is 18.2 Å². The predicted molar refractivity (Wildman–Crippen MR) is 57.7 cm³/mol. The third kappa shape index (κ3) is 2.73. The molecule has 1 amide bonds. The van der Waals surface area contributed by atoms with Gasteiger partial charge in [0.25, 0.3) is 0 Å². The monoisotopic (exact) mass is 225 g/mol. The summed E-state index contributed by atoms with van der Waals surface area (Å²) in [6.07, 6.45) is 2.35. The highest BCUT2D eigenvalue weighted by Gasteiger charge is 2.09. The van der Waals surface area contributed by atoms with Gasteiger partial charge in [-0.05, 0) is 12.1 Å². The second-order valence-corrected chi connectivity index (χ2v) is 2.96. The summed E-state index contributed by atoms with van der Waals surface area (Å²) >= 11 is 0. The summed E-state index contributed by atoms with van der Waals surface area (Å²) < 4.78 is 23.4. The summed E-state index contributed by atoms with van der Waals surface area (Å²) in [5.74, 6) is -0.492. The van der Waals surface area contributed by atoms with Gasteiger partial charge in [0.1, 0.15) is 5.82 Å².